The van der Waals surface area contributed by atoms with E-state index in [-0.39, 0.29) is 16.9 Å². The quantitative estimate of drug-likeness (QED) is 0.265. The lowest BCUT2D eigenvalue weighted by molar-refractivity contribution is -0.142. The van der Waals surface area contributed by atoms with E-state index >= 15 is 0 Å². The highest BCUT2D eigenvalue weighted by atomic mass is 16.5. The molecule has 0 radical (unpaired) electrons. The van der Waals surface area contributed by atoms with Crippen molar-refractivity contribution in [3.05, 3.63) is 94.0 Å². The predicted octanol–water partition coefficient (Wildman–Crippen LogP) is 7.59. The molecule has 39 heavy (non-hydrogen) atoms. The molecule has 0 aliphatic heterocycles. The molecule has 4 heteroatoms. The molecule has 3 aromatic rings. The molecule has 0 aliphatic rings. The van der Waals surface area contributed by atoms with Crippen LogP contribution in [-0.4, -0.2) is 24.3 Å². The lowest BCUT2D eigenvalue weighted by atomic mass is 9.69. The maximum absolute atomic E-state index is 11.8. The molecule has 0 saturated heterocycles. The van der Waals surface area contributed by atoms with E-state index in [4.69, 9.17) is 10.5 Å². The van der Waals surface area contributed by atoms with Gasteiger partial charge in [-0.15, -0.1) is 0 Å². The van der Waals surface area contributed by atoms with Crippen LogP contribution in [0.4, 0.5) is 0 Å². The Balaban J connectivity index is 1.90. The van der Waals surface area contributed by atoms with Crippen molar-refractivity contribution in [2.45, 2.75) is 91.7 Å². The number of aryl methyl sites for hydroxylation is 3. The Morgan fingerprint density at radius 3 is 1.95 bits per heavy atom. The summed E-state index contributed by atoms with van der Waals surface area (Å²) in [6, 6.07) is 20.8. The van der Waals surface area contributed by atoms with Crippen LogP contribution < -0.4 is 5.73 Å². The molecule has 0 bridgehead atoms. The Labute approximate surface area is 235 Å². The largest absolute Gasteiger partial charge is 0.468 e. The van der Waals surface area contributed by atoms with Crippen LogP contribution in [0.5, 0.6) is 0 Å². The van der Waals surface area contributed by atoms with E-state index in [9.17, 15) is 9.90 Å². The molecular weight excluding hydrogens is 482 g/mol. The summed E-state index contributed by atoms with van der Waals surface area (Å²) in [7, 11) is 1.35. The first-order chi connectivity index (χ1) is 18.4. The van der Waals surface area contributed by atoms with Crippen molar-refractivity contribution in [1.82, 2.24) is 0 Å². The van der Waals surface area contributed by atoms with E-state index in [0.717, 1.165) is 36.8 Å². The molecule has 3 rings (SSSR count). The highest BCUT2D eigenvalue weighted by Crippen LogP contribution is 2.41. The molecular formula is C35H47NO3. The third kappa shape index (κ3) is 6.62. The molecule has 0 amide bonds. The molecule has 0 fully saturated rings. The molecule has 0 aliphatic carbocycles. The van der Waals surface area contributed by atoms with Crippen LogP contribution in [0.1, 0.15) is 93.3 Å². The van der Waals surface area contributed by atoms with Gasteiger partial charge in [0.25, 0.3) is 0 Å². The summed E-state index contributed by atoms with van der Waals surface area (Å²) in [5.41, 5.74) is 15.3. The van der Waals surface area contributed by atoms with Crippen LogP contribution in [-0.2, 0) is 21.4 Å². The zero-order chi connectivity index (χ0) is 29.0. The van der Waals surface area contributed by atoms with Crippen molar-refractivity contribution >= 4 is 5.97 Å². The number of nitrogens with two attached hydrogens (primary N) is 1. The number of methoxy groups -OCH3 is 1. The molecule has 3 N–H and O–H groups in total. The molecule has 1 unspecified atom stereocenters. The number of ether oxygens (including phenoxy) is 1. The van der Waals surface area contributed by atoms with Crippen LogP contribution >= 0.6 is 0 Å². The fraction of sp³-hybridized carbons (Fsp3) is 0.457. The normalized spacial score (nSPS) is 13.7. The lowest BCUT2D eigenvalue weighted by Gasteiger charge is -2.34. The van der Waals surface area contributed by atoms with Crippen molar-refractivity contribution in [3.8, 4) is 11.1 Å². The van der Waals surface area contributed by atoms with Crippen LogP contribution in [0.25, 0.3) is 11.1 Å². The van der Waals surface area contributed by atoms with Crippen molar-refractivity contribution in [2.24, 2.45) is 11.1 Å². The minimum atomic E-state index is -0.777. The van der Waals surface area contributed by atoms with Crippen LogP contribution in [0.2, 0.25) is 0 Å². The van der Waals surface area contributed by atoms with Crippen LogP contribution in [0.3, 0.4) is 0 Å². The number of benzene rings is 3. The molecule has 2 atom stereocenters. The molecule has 0 heterocycles. The zero-order valence-electron chi connectivity index (χ0n) is 25.1. The summed E-state index contributed by atoms with van der Waals surface area (Å²) in [6.07, 6.45) is 3.34. The fourth-order valence-electron chi connectivity index (χ4n) is 5.65. The van der Waals surface area contributed by atoms with Crippen molar-refractivity contribution in [3.63, 3.8) is 0 Å². The Kier molecular flexibility index (Phi) is 9.79. The minimum absolute atomic E-state index is 0.0748. The van der Waals surface area contributed by atoms with Gasteiger partial charge in [-0.25, -0.2) is 0 Å². The minimum Gasteiger partial charge on any atom is -0.468 e. The standard InChI is InChI=1S/C35H47NO3/c1-9-35(10-2,28-17-15-25(23(3)21-28)16-20-31(37)34(5,6)7)29-18-19-30(24(4)22-29)26-11-13-27(14-12-26)32(36)33(38)39-8/h11-15,17-19,21-22,31-32,37H,9-10,16,20,36H2,1-8H3/t31-,32?/m0/s1. The summed E-state index contributed by atoms with van der Waals surface area (Å²) in [5.74, 6) is -0.440. The number of aliphatic hydroxyl groups excluding tert-OH is 1. The number of rotatable bonds is 10. The number of carbonyl (C=O) groups excluding carboxylic acids is 1. The van der Waals surface area contributed by atoms with Gasteiger partial charge in [0.2, 0.25) is 0 Å². The third-order valence-electron chi connectivity index (χ3n) is 8.60. The second-order valence-corrected chi connectivity index (χ2v) is 12.0. The summed E-state index contributed by atoms with van der Waals surface area (Å²) in [4.78, 5) is 11.8. The third-order valence-corrected chi connectivity index (χ3v) is 8.60. The average molecular weight is 530 g/mol. The molecule has 0 aromatic heterocycles. The zero-order valence-corrected chi connectivity index (χ0v) is 25.1. The monoisotopic (exact) mass is 529 g/mol. The van der Waals surface area contributed by atoms with E-state index in [1.165, 1.54) is 40.5 Å². The van der Waals surface area contributed by atoms with Crippen molar-refractivity contribution < 1.29 is 14.6 Å². The maximum atomic E-state index is 11.8. The summed E-state index contributed by atoms with van der Waals surface area (Å²) >= 11 is 0. The molecule has 3 aromatic carbocycles. The van der Waals surface area contributed by atoms with Gasteiger partial charge < -0.3 is 15.6 Å². The van der Waals surface area contributed by atoms with Gasteiger partial charge in [0, 0.05) is 5.41 Å². The molecule has 4 nitrogen and oxygen atoms in total. The highest BCUT2D eigenvalue weighted by molar-refractivity contribution is 5.78. The first kappa shape index (κ1) is 30.6. The van der Waals surface area contributed by atoms with E-state index < -0.39 is 12.0 Å². The average Bonchev–Trinajstić information content (AvgIpc) is 2.92. The van der Waals surface area contributed by atoms with Gasteiger partial charge in [-0.1, -0.05) is 95.3 Å². The van der Waals surface area contributed by atoms with Gasteiger partial charge in [0.15, 0.2) is 0 Å². The number of aliphatic hydroxyl groups is 1. The molecule has 210 valence electrons. The van der Waals surface area contributed by atoms with Gasteiger partial charge in [-0.2, -0.15) is 0 Å². The Morgan fingerprint density at radius 2 is 1.46 bits per heavy atom. The second-order valence-electron chi connectivity index (χ2n) is 12.0. The van der Waals surface area contributed by atoms with E-state index in [1.54, 1.807) is 0 Å². The van der Waals surface area contributed by atoms with Crippen LogP contribution in [0.15, 0.2) is 60.7 Å². The van der Waals surface area contributed by atoms with Crippen LogP contribution in [0, 0.1) is 19.3 Å². The van der Waals surface area contributed by atoms with E-state index in [2.05, 4.69) is 84.9 Å². The number of hydrogen-bond donors (Lipinski definition) is 2. The summed E-state index contributed by atoms with van der Waals surface area (Å²) in [6.45, 7) is 15.2. The fourth-order valence-corrected chi connectivity index (χ4v) is 5.65. The molecule has 0 spiro atoms. The smallest absolute Gasteiger partial charge is 0.327 e. The maximum Gasteiger partial charge on any atom is 0.327 e. The first-order valence-corrected chi connectivity index (χ1v) is 14.2. The Hall–Kier alpha value is -2.95. The van der Waals surface area contributed by atoms with Crippen molar-refractivity contribution in [1.29, 1.82) is 0 Å². The second kappa shape index (κ2) is 12.5. The lowest BCUT2D eigenvalue weighted by Crippen LogP contribution is -2.27. The molecule has 0 saturated carbocycles. The topological polar surface area (TPSA) is 72.5 Å². The predicted molar refractivity (Wildman–Crippen MR) is 162 cm³/mol. The van der Waals surface area contributed by atoms with E-state index in [0.29, 0.717) is 0 Å². The van der Waals surface area contributed by atoms with E-state index in [1.807, 2.05) is 24.3 Å². The summed E-state index contributed by atoms with van der Waals surface area (Å²) in [5, 5.41) is 10.5. The Morgan fingerprint density at radius 1 is 0.897 bits per heavy atom. The first-order valence-electron chi connectivity index (χ1n) is 14.2. The number of carbonyl (C=O) groups is 1. The number of hydrogen-bond acceptors (Lipinski definition) is 4. The van der Waals surface area contributed by atoms with Gasteiger partial charge in [0.05, 0.1) is 13.2 Å². The van der Waals surface area contributed by atoms with Gasteiger partial charge in [-0.05, 0) is 89.5 Å². The SMILES string of the molecule is CCC(CC)(c1ccc(CC[C@H](O)C(C)(C)C)c(C)c1)c1ccc(-c2ccc(C(N)C(=O)OC)cc2)c(C)c1. The van der Waals surface area contributed by atoms with Crippen molar-refractivity contribution in [2.75, 3.05) is 7.11 Å². The van der Waals surface area contributed by atoms with Gasteiger partial charge in [-0.3, -0.25) is 4.79 Å². The summed E-state index contributed by atoms with van der Waals surface area (Å²) < 4.78 is 4.78. The number of esters is 1. The van der Waals surface area contributed by atoms with Gasteiger partial charge >= 0.3 is 5.97 Å². The Bertz CT molecular complexity index is 1270. The van der Waals surface area contributed by atoms with Gasteiger partial charge in [0.1, 0.15) is 6.04 Å². The highest BCUT2D eigenvalue weighted by Gasteiger charge is 2.31.